The molecule has 2 rings (SSSR count). The van der Waals surface area contributed by atoms with Gasteiger partial charge in [-0.2, -0.15) is 0 Å². The molecule has 68 valence electrons. The first-order valence-electron chi connectivity index (χ1n) is 4.84. The Bertz CT molecular complexity index is 361. The summed E-state index contributed by atoms with van der Waals surface area (Å²) in [6, 6.07) is 8.42. The van der Waals surface area contributed by atoms with E-state index in [1.807, 2.05) is 0 Å². The van der Waals surface area contributed by atoms with Crippen LogP contribution in [0.1, 0.15) is 32.8 Å². The van der Waals surface area contributed by atoms with Gasteiger partial charge in [-0.05, 0) is 18.1 Å². The van der Waals surface area contributed by atoms with Gasteiger partial charge in [0.1, 0.15) is 0 Å². The smallest absolute Gasteiger partial charge is 0.0670 e. The molecule has 0 bridgehead atoms. The summed E-state index contributed by atoms with van der Waals surface area (Å²) in [6.07, 6.45) is 1.04. The van der Waals surface area contributed by atoms with Crippen molar-refractivity contribution in [1.29, 1.82) is 0 Å². The van der Waals surface area contributed by atoms with Gasteiger partial charge in [-0.25, -0.2) is 0 Å². The normalized spacial score (nSPS) is 18.2. The molecule has 0 saturated heterocycles. The summed E-state index contributed by atoms with van der Waals surface area (Å²) >= 11 is 0. The van der Waals surface area contributed by atoms with Crippen molar-refractivity contribution in [2.24, 2.45) is 4.99 Å². The molecule has 0 amide bonds. The van der Waals surface area contributed by atoms with Crippen LogP contribution in [0.4, 0.5) is 5.69 Å². The molecule has 0 saturated carbocycles. The highest BCUT2D eigenvalue weighted by Gasteiger charge is 2.32. The molecule has 1 aliphatic heterocycles. The van der Waals surface area contributed by atoms with Crippen LogP contribution in [0, 0.1) is 0 Å². The Morgan fingerprint density at radius 3 is 2.54 bits per heavy atom. The SMILES string of the molecule is CCC1=Nc2ccccc2C1(C)C. The molecule has 0 fully saturated rings. The van der Waals surface area contributed by atoms with Crippen LogP contribution in [0.3, 0.4) is 0 Å². The maximum atomic E-state index is 4.64. The summed E-state index contributed by atoms with van der Waals surface area (Å²) in [7, 11) is 0. The molecule has 1 aromatic carbocycles. The van der Waals surface area contributed by atoms with Gasteiger partial charge in [0.15, 0.2) is 0 Å². The number of hydrogen-bond acceptors (Lipinski definition) is 1. The van der Waals surface area contributed by atoms with Gasteiger partial charge in [0.25, 0.3) is 0 Å². The Hall–Kier alpha value is -1.11. The third-order valence-electron chi connectivity index (χ3n) is 2.89. The second kappa shape index (κ2) is 2.69. The Balaban J connectivity index is 2.58. The summed E-state index contributed by atoms with van der Waals surface area (Å²) in [5.41, 5.74) is 3.97. The lowest BCUT2D eigenvalue weighted by Gasteiger charge is -2.21. The first-order chi connectivity index (χ1) is 6.16. The number of rotatable bonds is 1. The maximum absolute atomic E-state index is 4.64. The molecular weight excluding hydrogens is 158 g/mol. The summed E-state index contributed by atoms with van der Waals surface area (Å²) < 4.78 is 0. The molecule has 1 nitrogen and oxygen atoms in total. The van der Waals surface area contributed by atoms with E-state index in [9.17, 15) is 0 Å². The lowest BCUT2D eigenvalue weighted by molar-refractivity contribution is 0.722. The van der Waals surface area contributed by atoms with Crippen LogP contribution in [0.2, 0.25) is 0 Å². The van der Waals surface area contributed by atoms with Gasteiger partial charge in [-0.15, -0.1) is 0 Å². The van der Waals surface area contributed by atoms with Crippen molar-refractivity contribution >= 4 is 11.4 Å². The van der Waals surface area contributed by atoms with Gasteiger partial charge in [-0.1, -0.05) is 39.0 Å². The molecule has 13 heavy (non-hydrogen) atoms. The zero-order valence-corrected chi connectivity index (χ0v) is 8.46. The number of aliphatic imine (C=N–C) groups is 1. The fourth-order valence-corrected chi connectivity index (χ4v) is 2.06. The number of para-hydroxylation sites is 1. The highest BCUT2D eigenvalue weighted by atomic mass is 14.8. The lowest BCUT2D eigenvalue weighted by atomic mass is 9.81. The van der Waals surface area contributed by atoms with Crippen molar-refractivity contribution in [3.8, 4) is 0 Å². The van der Waals surface area contributed by atoms with Crippen molar-refractivity contribution in [3.63, 3.8) is 0 Å². The molecule has 0 radical (unpaired) electrons. The van der Waals surface area contributed by atoms with Crippen LogP contribution in [0.15, 0.2) is 29.3 Å². The number of hydrogen-bond donors (Lipinski definition) is 0. The summed E-state index contributed by atoms with van der Waals surface area (Å²) in [6.45, 7) is 6.68. The van der Waals surface area contributed by atoms with Crippen LogP contribution in [0.25, 0.3) is 0 Å². The predicted molar refractivity (Wildman–Crippen MR) is 56.9 cm³/mol. The molecule has 0 N–H and O–H groups in total. The van der Waals surface area contributed by atoms with Crippen molar-refractivity contribution in [2.75, 3.05) is 0 Å². The second-order valence-corrected chi connectivity index (χ2v) is 4.05. The monoisotopic (exact) mass is 173 g/mol. The Labute approximate surface area is 79.5 Å². The number of fused-ring (bicyclic) bond motifs is 1. The third-order valence-corrected chi connectivity index (χ3v) is 2.89. The molecule has 0 aromatic heterocycles. The van der Waals surface area contributed by atoms with Crippen LogP contribution in [-0.4, -0.2) is 5.71 Å². The van der Waals surface area contributed by atoms with E-state index in [4.69, 9.17) is 0 Å². The second-order valence-electron chi connectivity index (χ2n) is 4.05. The van der Waals surface area contributed by atoms with Crippen LogP contribution in [-0.2, 0) is 5.41 Å². The minimum Gasteiger partial charge on any atom is -0.257 e. The predicted octanol–water partition coefficient (Wildman–Crippen LogP) is 3.46. The third kappa shape index (κ3) is 1.11. The average Bonchev–Trinajstić information content (AvgIpc) is 2.39. The van der Waals surface area contributed by atoms with Crippen LogP contribution < -0.4 is 0 Å². The van der Waals surface area contributed by atoms with E-state index in [0.29, 0.717) is 0 Å². The van der Waals surface area contributed by atoms with E-state index >= 15 is 0 Å². The highest BCUT2D eigenvalue weighted by Crippen LogP contribution is 2.40. The highest BCUT2D eigenvalue weighted by molar-refractivity contribution is 6.00. The Morgan fingerprint density at radius 1 is 1.23 bits per heavy atom. The Kier molecular flexibility index (Phi) is 1.76. The molecule has 1 heterocycles. The van der Waals surface area contributed by atoms with Crippen molar-refractivity contribution in [2.45, 2.75) is 32.6 Å². The van der Waals surface area contributed by atoms with E-state index < -0.39 is 0 Å². The lowest BCUT2D eigenvalue weighted by Crippen LogP contribution is -2.24. The van der Waals surface area contributed by atoms with Crippen LogP contribution in [0.5, 0.6) is 0 Å². The van der Waals surface area contributed by atoms with E-state index in [1.165, 1.54) is 11.3 Å². The fourth-order valence-electron chi connectivity index (χ4n) is 2.06. The number of nitrogens with zero attached hydrogens (tertiary/aromatic N) is 1. The summed E-state index contributed by atoms with van der Waals surface area (Å²) in [5.74, 6) is 0. The fraction of sp³-hybridized carbons (Fsp3) is 0.417. The standard InChI is InChI=1S/C12H15N/c1-4-11-12(2,3)9-7-5-6-8-10(9)13-11/h5-8H,4H2,1-3H3. The first kappa shape index (κ1) is 8.49. The molecule has 0 aliphatic carbocycles. The molecule has 1 aliphatic rings. The van der Waals surface area contributed by atoms with Gasteiger partial charge in [0.2, 0.25) is 0 Å². The topological polar surface area (TPSA) is 12.4 Å². The van der Waals surface area contributed by atoms with Crippen molar-refractivity contribution < 1.29 is 0 Å². The largest absolute Gasteiger partial charge is 0.257 e. The molecular formula is C12H15N. The molecule has 0 unspecified atom stereocenters. The zero-order valence-electron chi connectivity index (χ0n) is 8.46. The summed E-state index contributed by atoms with van der Waals surface area (Å²) in [5, 5.41) is 0. The zero-order chi connectivity index (χ0) is 9.47. The minimum atomic E-state index is 0.144. The maximum Gasteiger partial charge on any atom is 0.0670 e. The van der Waals surface area contributed by atoms with Gasteiger partial charge in [-0.3, -0.25) is 4.99 Å². The van der Waals surface area contributed by atoms with Crippen molar-refractivity contribution in [1.82, 2.24) is 0 Å². The average molecular weight is 173 g/mol. The number of benzene rings is 1. The van der Waals surface area contributed by atoms with Gasteiger partial charge >= 0.3 is 0 Å². The van der Waals surface area contributed by atoms with E-state index in [1.54, 1.807) is 0 Å². The van der Waals surface area contributed by atoms with E-state index in [-0.39, 0.29) is 5.41 Å². The molecule has 1 heteroatoms. The van der Waals surface area contributed by atoms with Crippen molar-refractivity contribution in [3.05, 3.63) is 29.8 Å². The van der Waals surface area contributed by atoms with Crippen LogP contribution >= 0.6 is 0 Å². The van der Waals surface area contributed by atoms with Gasteiger partial charge in [0, 0.05) is 11.1 Å². The first-order valence-corrected chi connectivity index (χ1v) is 4.84. The Morgan fingerprint density at radius 2 is 1.92 bits per heavy atom. The molecule has 1 aromatic rings. The molecule has 0 spiro atoms. The van der Waals surface area contributed by atoms with E-state index in [2.05, 4.69) is 50.0 Å². The van der Waals surface area contributed by atoms with Gasteiger partial charge in [0.05, 0.1) is 5.69 Å². The molecule has 0 atom stereocenters. The minimum absolute atomic E-state index is 0.144. The van der Waals surface area contributed by atoms with E-state index in [0.717, 1.165) is 12.1 Å². The van der Waals surface area contributed by atoms with Gasteiger partial charge < -0.3 is 0 Å². The summed E-state index contributed by atoms with van der Waals surface area (Å²) in [4.78, 5) is 4.64. The quantitative estimate of drug-likeness (QED) is 0.616.